The van der Waals surface area contributed by atoms with Gasteiger partial charge in [0.15, 0.2) is 0 Å². The van der Waals surface area contributed by atoms with Gasteiger partial charge in [0.2, 0.25) is 5.90 Å². The number of anilines is 1. The van der Waals surface area contributed by atoms with Crippen molar-refractivity contribution in [3.05, 3.63) is 53.6 Å². The second-order valence-corrected chi connectivity index (χ2v) is 7.35. The normalized spacial score (nSPS) is 14.2. The number of aryl methyl sites for hydroxylation is 1. The monoisotopic (exact) mass is 420 g/mol. The van der Waals surface area contributed by atoms with Gasteiger partial charge in [-0.2, -0.15) is 0 Å². The number of carbonyl (C=O) groups excluding carboxylic acids is 1. The first kappa shape index (κ1) is 24.0. The molecule has 0 atom stereocenters. The van der Waals surface area contributed by atoms with Crippen LogP contribution in [0.15, 0.2) is 47.5 Å². The summed E-state index contributed by atoms with van der Waals surface area (Å²) in [5.41, 5.74) is 5.12. The number of hydrogen-bond donors (Lipinski definition) is 1. The van der Waals surface area contributed by atoms with Crippen LogP contribution < -0.4 is 5.32 Å². The van der Waals surface area contributed by atoms with E-state index in [1.165, 1.54) is 5.56 Å². The molecule has 2 aromatic carbocycles. The lowest BCUT2D eigenvalue weighted by molar-refractivity contribution is 0.164. The largest absolute Gasteiger partial charge is 0.481 e. The number of carbonyl (C=O) groups is 1. The molecular formula is C25H32N4O2. The SMILES string of the molecule is C#CC.CN=C(OC)c1ccc(C)c(-c2ccc(NC(=O)N3CCN(C)CC3)cc2)c1. The van der Waals surface area contributed by atoms with Gasteiger partial charge in [-0.1, -0.05) is 18.2 Å². The lowest BCUT2D eigenvalue weighted by Crippen LogP contribution is -2.48. The van der Waals surface area contributed by atoms with Gasteiger partial charge in [0.25, 0.3) is 0 Å². The average molecular weight is 421 g/mol. The van der Waals surface area contributed by atoms with E-state index in [0.717, 1.165) is 48.6 Å². The molecule has 0 bridgehead atoms. The number of hydrogen-bond acceptors (Lipinski definition) is 4. The topological polar surface area (TPSA) is 57.2 Å². The lowest BCUT2D eigenvalue weighted by atomic mass is 9.98. The van der Waals surface area contributed by atoms with Crippen LogP contribution in [0.25, 0.3) is 11.1 Å². The number of methoxy groups -OCH3 is 1. The van der Waals surface area contributed by atoms with Crippen LogP contribution in [0.3, 0.4) is 0 Å². The van der Waals surface area contributed by atoms with Crippen LogP contribution in [0.4, 0.5) is 10.5 Å². The van der Waals surface area contributed by atoms with E-state index in [1.807, 2.05) is 35.2 Å². The number of nitrogens with one attached hydrogen (secondary N) is 1. The number of rotatable bonds is 3. The number of likely N-dealkylation sites (N-methyl/N-ethyl adjacent to an activating group) is 1. The molecule has 3 rings (SSSR count). The van der Waals surface area contributed by atoms with Crippen molar-refractivity contribution in [2.75, 3.05) is 52.7 Å². The van der Waals surface area contributed by atoms with Crippen molar-refractivity contribution in [3.8, 4) is 23.5 Å². The van der Waals surface area contributed by atoms with Gasteiger partial charge in [0, 0.05) is 44.5 Å². The van der Waals surface area contributed by atoms with Gasteiger partial charge < -0.3 is 19.9 Å². The Bertz CT molecular complexity index is 937. The molecule has 1 aliphatic rings. The second kappa shape index (κ2) is 11.8. The fourth-order valence-electron chi connectivity index (χ4n) is 3.35. The Morgan fingerprint density at radius 3 is 2.29 bits per heavy atom. The molecule has 0 aromatic heterocycles. The summed E-state index contributed by atoms with van der Waals surface area (Å²) in [5.74, 6) is 2.86. The molecule has 1 heterocycles. The summed E-state index contributed by atoms with van der Waals surface area (Å²) in [5, 5.41) is 3.00. The summed E-state index contributed by atoms with van der Waals surface area (Å²) in [4.78, 5) is 20.7. The van der Waals surface area contributed by atoms with Gasteiger partial charge in [-0.3, -0.25) is 4.99 Å². The molecule has 1 fully saturated rings. The van der Waals surface area contributed by atoms with Crippen LogP contribution in [-0.4, -0.2) is 69.1 Å². The number of terminal acetylenes is 1. The van der Waals surface area contributed by atoms with Crippen LogP contribution in [-0.2, 0) is 4.74 Å². The molecule has 1 N–H and O–H groups in total. The van der Waals surface area contributed by atoms with Crippen molar-refractivity contribution in [1.29, 1.82) is 0 Å². The van der Waals surface area contributed by atoms with Gasteiger partial charge in [-0.15, -0.1) is 12.3 Å². The van der Waals surface area contributed by atoms with Crippen LogP contribution >= 0.6 is 0 Å². The number of nitrogens with zero attached hydrogens (tertiary/aromatic N) is 3. The van der Waals surface area contributed by atoms with Gasteiger partial charge >= 0.3 is 6.03 Å². The molecule has 164 valence electrons. The standard InChI is InChI=1S/C22H28N4O2.C3H4/c1-16-5-6-18(21(23-2)28-4)15-20(16)17-7-9-19(10-8-17)24-22(27)26-13-11-25(3)12-14-26;1-3-2/h5-10,15H,11-14H2,1-4H3,(H,24,27);1H,2H3. The van der Waals surface area contributed by atoms with Gasteiger partial charge in [-0.05, 0) is 61.9 Å². The van der Waals surface area contributed by atoms with E-state index in [1.54, 1.807) is 21.1 Å². The third-order valence-corrected chi connectivity index (χ3v) is 5.12. The molecule has 2 aromatic rings. The predicted octanol–water partition coefficient (Wildman–Crippen LogP) is 4.10. The Kier molecular flexibility index (Phi) is 9.11. The van der Waals surface area contributed by atoms with E-state index in [-0.39, 0.29) is 6.03 Å². The molecule has 0 unspecified atom stereocenters. The van der Waals surface area contributed by atoms with E-state index in [2.05, 4.69) is 53.7 Å². The summed E-state index contributed by atoms with van der Waals surface area (Å²) >= 11 is 0. The first-order valence-electron chi connectivity index (χ1n) is 10.3. The highest BCUT2D eigenvalue weighted by molar-refractivity contribution is 5.95. The number of benzene rings is 2. The zero-order chi connectivity index (χ0) is 22.8. The average Bonchev–Trinajstić information content (AvgIpc) is 2.77. The van der Waals surface area contributed by atoms with E-state index in [4.69, 9.17) is 4.74 Å². The number of urea groups is 1. The third kappa shape index (κ3) is 6.59. The molecule has 31 heavy (non-hydrogen) atoms. The number of amides is 2. The highest BCUT2D eigenvalue weighted by atomic mass is 16.5. The third-order valence-electron chi connectivity index (χ3n) is 5.12. The Morgan fingerprint density at radius 2 is 1.74 bits per heavy atom. The number of piperazine rings is 1. The van der Waals surface area contributed by atoms with Crippen LogP contribution in [0.2, 0.25) is 0 Å². The van der Waals surface area contributed by atoms with Crippen LogP contribution in [0.1, 0.15) is 18.1 Å². The van der Waals surface area contributed by atoms with Crippen LogP contribution in [0.5, 0.6) is 0 Å². The molecule has 6 nitrogen and oxygen atoms in total. The van der Waals surface area contributed by atoms with Gasteiger partial charge in [-0.25, -0.2) is 4.79 Å². The molecular weight excluding hydrogens is 388 g/mol. The van der Waals surface area contributed by atoms with E-state index in [9.17, 15) is 4.79 Å². The quantitative estimate of drug-likeness (QED) is 0.462. The van der Waals surface area contributed by atoms with Gasteiger partial charge in [0.1, 0.15) is 0 Å². The first-order valence-corrected chi connectivity index (χ1v) is 10.3. The summed E-state index contributed by atoms with van der Waals surface area (Å²) in [7, 11) is 5.42. The molecule has 0 spiro atoms. The fourth-order valence-corrected chi connectivity index (χ4v) is 3.35. The fraction of sp³-hybridized carbons (Fsp3) is 0.360. The Balaban J connectivity index is 0.00000107. The smallest absolute Gasteiger partial charge is 0.321 e. The lowest BCUT2D eigenvalue weighted by Gasteiger charge is -2.32. The number of aliphatic imine (C=N–C) groups is 1. The Hall–Kier alpha value is -3.30. The molecule has 0 saturated carbocycles. The minimum absolute atomic E-state index is 0.0390. The second-order valence-electron chi connectivity index (χ2n) is 7.35. The molecule has 1 aliphatic heterocycles. The highest BCUT2D eigenvalue weighted by Gasteiger charge is 2.19. The van der Waals surface area contributed by atoms with Crippen molar-refractivity contribution < 1.29 is 9.53 Å². The van der Waals surface area contributed by atoms with E-state index in [0.29, 0.717) is 5.90 Å². The molecule has 1 saturated heterocycles. The minimum Gasteiger partial charge on any atom is -0.481 e. The molecule has 0 aliphatic carbocycles. The van der Waals surface area contributed by atoms with E-state index < -0.39 is 0 Å². The maximum Gasteiger partial charge on any atom is 0.321 e. The summed E-state index contributed by atoms with van der Waals surface area (Å²) in [6.45, 7) is 7.07. The van der Waals surface area contributed by atoms with Crippen molar-refractivity contribution in [2.24, 2.45) is 4.99 Å². The maximum absolute atomic E-state index is 12.4. The maximum atomic E-state index is 12.4. The first-order chi connectivity index (χ1) is 14.9. The molecule has 6 heteroatoms. The van der Waals surface area contributed by atoms with Crippen molar-refractivity contribution >= 4 is 17.6 Å². The summed E-state index contributed by atoms with van der Waals surface area (Å²) < 4.78 is 5.34. The van der Waals surface area contributed by atoms with Crippen molar-refractivity contribution in [1.82, 2.24) is 9.80 Å². The van der Waals surface area contributed by atoms with E-state index >= 15 is 0 Å². The molecule has 0 radical (unpaired) electrons. The molecule has 2 amide bonds. The Labute approximate surface area is 185 Å². The van der Waals surface area contributed by atoms with Crippen molar-refractivity contribution in [3.63, 3.8) is 0 Å². The zero-order valence-corrected chi connectivity index (χ0v) is 19.1. The predicted molar refractivity (Wildman–Crippen MR) is 129 cm³/mol. The van der Waals surface area contributed by atoms with Crippen LogP contribution in [0, 0.1) is 19.3 Å². The zero-order valence-electron chi connectivity index (χ0n) is 19.1. The van der Waals surface area contributed by atoms with Gasteiger partial charge in [0.05, 0.1) is 7.11 Å². The highest BCUT2D eigenvalue weighted by Crippen LogP contribution is 2.26. The minimum atomic E-state index is -0.0390. The summed E-state index contributed by atoms with van der Waals surface area (Å²) in [6.07, 6.45) is 4.60. The van der Waals surface area contributed by atoms with Crippen molar-refractivity contribution in [2.45, 2.75) is 13.8 Å². The Morgan fingerprint density at radius 1 is 1.13 bits per heavy atom. The number of ether oxygens (including phenoxy) is 1. The summed E-state index contributed by atoms with van der Waals surface area (Å²) in [6, 6.07) is 14.1.